The van der Waals surface area contributed by atoms with Gasteiger partial charge in [0.05, 0.1) is 30.5 Å². The number of nitrogens with one attached hydrogen (secondary N) is 1. The van der Waals surface area contributed by atoms with Gasteiger partial charge < -0.3 is 15.6 Å². The topological polar surface area (TPSA) is 107 Å². The molecular formula is C13H17N5O2S2. The lowest BCUT2D eigenvalue weighted by atomic mass is 10.1. The van der Waals surface area contributed by atoms with Gasteiger partial charge in [-0.1, -0.05) is 0 Å². The van der Waals surface area contributed by atoms with Gasteiger partial charge in [-0.05, 0) is 19.4 Å². The molecule has 1 atom stereocenters. The number of nitrogens with zero attached hydrogens (tertiary/aromatic N) is 3. The molecule has 1 aliphatic rings. The Morgan fingerprint density at radius 3 is 2.77 bits per heavy atom. The number of hydrogen-bond donors (Lipinski definition) is 2. The first kappa shape index (κ1) is 15.5. The third kappa shape index (κ3) is 2.54. The molecule has 0 radical (unpaired) electrons. The molecule has 0 bridgehead atoms. The Balaban J connectivity index is 1.81. The Morgan fingerprint density at radius 1 is 1.45 bits per heavy atom. The Labute approximate surface area is 135 Å². The Bertz CT molecular complexity index is 740. The van der Waals surface area contributed by atoms with Crippen LogP contribution in [0.3, 0.4) is 0 Å². The normalized spacial score (nSPS) is 17.5. The number of carbonyl (C=O) groups is 1. The number of aromatic nitrogens is 2. The number of rotatable bonds is 3. The van der Waals surface area contributed by atoms with Crippen molar-refractivity contribution in [1.82, 2.24) is 19.8 Å². The summed E-state index contributed by atoms with van der Waals surface area (Å²) >= 11 is 0.270. The predicted octanol–water partition coefficient (Wildman–Crippen LogP) is 0.598. The number of thiophene rings is 1. The average Bonchev–Trinajstić information content (AvgIpc) is 2.75. The van der Waals surface area contributed by atoms with Crippen LogP contribution < -0.4 is 11.1 Å². The molecule has 3 N–H and O–H groups in total. The van der Waals surface area contributed by atoms with Crippen molar-refractivity contribution in [1.29, 1.82) is 0 Å². The van der Waals surface area contributed by atoms with Crippen LogP contribution in [0.2, 0.25) is 0 Å². The van der Waals surface area contributed by atoms with Crippen molar-refractivity contribution >= 4 is 44.5 Å². The number of fused-ring (bicyclic) bond motifs is 1. The highest BCUT2D eigenvalue weighted by Crippen LogP contribution is 2.34. The summed E-state index contributed by atoms with van der Waals surface area (Å²) in [5.41, 5.74) is 8.37. The molecule has 2 aromatic heterocycles. The highest BCUT2D eigenvalue weighted by atomic mass is 32.2. The number of nitrogens with two attached hydrogens (primary N) is 1. The van der Waals surface area contributed by atoms with E-state index in [2.05, 4.69) is 15.5 Å². The van der Waals surface area contributed by atoms with Gasteiger partial charge in [0.2, 0.25) is 0 Å². The molecule has 2 aromatic rings. The Hall–Kier alpha value is -1.42. The van der Waals surface area contributed by atoms with Crippen LogP contribution in [0.4, 0.5) is 5.69 Å². The monoisotopic (exact) mass is 339 g/mol. The zero-order chi connectivity index (χ0) is 16.0. The fourth-order valence-electron chi connectivity index (χ4n) is 2.40. The fourth-order valence-corrected chi connectivity index (χ4v) is 4.18. The Morgan fingerprint density at radius 2 is 2.14 bits per heavy atom. The summed E-state index contributed by atoms with van der Waals surface area (Å²) in [5, 5.41) is 11.9. The first-order valence-corrected chi connectivity index (χ1v) is 9.12. The summed E-state index contributed by atoms with van der Waals surface area (Å²) in [6.07, 6.45) is 1.63. The fraction of sp³-hybridized carbons (Fsp3) is 0.462. The van der Waals surface area contributed by atoms with Gasteiger partial charge in [-0.25, -0.2) is 0 Å². The minimum Gasteiger partial charge on any atom is -0.598 e. The molecule has 22 heavy (non-hydrogen) atoms. The van der Waals surface area contributed by atoms with Gasteiger partial charge in [0.1, 0.15) is 16.0 Å². The van der Waals surface area contributed by atoms with Gasteiger partial charge in [-0.15, -0.1) is 20.7 Å². The van der Waals surface area contributed by atoms with Crippen LogP contribution in [0.5, 0.6) is 0 Å². The summed E-state index contributed by atoms with van der Waals surface area (Å²) in [4.78, 5) is 13.5. The number of hydrogen-bond acceptors (Lipinski definition) is 7. The molecule has 3 heterocycles. The van der Waals surface area contributed by atoms with Gasteiger partial charge >= 0.3 is 0 Å². The highest BCUT2D eigenvalue weighted by Gasteiger charge is 2.35. The van der Waals surface area contributed by atoms with E-state index >= 15 is 0 Å². The van der Waals surface area contributed by atoms with Crippen molar-refractivity contribution in [3.63, 3.8) is 0 Å². The molecule has 9 heteroatoms. The van der Waals surface area contributed by atoms with Crippen LogP contribution in [-0.2, 0) is 11.4 Å². The number of carbonyl (C=O) groups excluding carboxylic acids is 1. The summed E-state index contributed by atoms with van der Waals surface area (Å²) < 4.78 is 13.0. The predicted molar refractivity (Wildman–Crippen MR) is 88.2 cm³/mol. The second-order valence-corrected chi connectivity index (χ2v) is 7.74. The molecule has 0 aromatic carbocycles. The molecule has 1 amide bonds. The molecule has 0 aliphatic carbocycles. The van der Waals surface area contributed by atoms with Gasteiger partial charge in [0, 0.05) is 16.7 Å². The summed E-state index contributed by atoms with van der Waals surface area (Å²) in [5.74, 6) is -0.205. The van der Waals surface area contributed by atoms with E-state index in [1.165, 1.54) is 11.3 Å². The number of anilines is 1. The minimum absolute atomic E-state index is 0.00919. The zero-order valence-corrected chi connectivity index (χ0v) is 14.2. The largest absolute Gasteiger partial charge is 0.598 e. The molecule has 1 unspecified atom stereocenters. The van der Waals surface area contributed by atoms with Crippen molar-refractivity contribution in [3.05, 3.63) is 16.1 Å². The van der Waals surface area contributed by atoms with Crippen LogP contribution in [-0.4, -0.2) is 50.3 Å². The van der Waals surface area contributed by atoms with E-state index in [1.54, 1.807) is 10.6 Å². The van der Waals surface area contributed by atoms with Gasteiger partial charge in [-0.3, -0.25) is 4.79 Å². The third-order valence-electron chi connectivity index (χ3n) is 3.89. The van der Waals surface area contributed by atoms with Gasteiger partial charge in [0.25, 0.3) is 5.91 Å². The minimum atomic E-state index is -0.984. The van der Waals surface area contributed by atoms with E-state index in [1.807, 2.05) is 13.8 Å². The number of aryl methyl sites for hydroxylation is 2. The summed E-state index contributed by atoms with van der Waals surface area (Å²) in [7, 11) is 0. The molecule has 0 saturated carbocycles. The van der Waals surface area contributed by atoms with Crippen LogP contribution >= 0.6 is 11.3 Å². The molecule has 1 saturated heterocycles. The first-order chi connectivity index (χ1) is 10.4. The molecule has 7 nitrogen and oxygen atoms in total. The second kappa shape index (κ2) is 5.65. The quantitative estimate of drug-likeness (QED) is 0.793. The molecule has 1 aliphatic heterocycles. The molecule has 118 valence electrons. The third-order valence-corrected chi connectivity index (χ3v) is 6.00. The standard InChI is InChI=1S/C13H17N5O2S2/c1-6-7(2)16-17-13-9(6)10(14)11(21-13)12(19)15-8-4-18(5-8)22(3)20/h8H,4-5,14H2,1-3H3,(H,15,19). The number of nitrogen functional groups attached to an aromatic ring is 1. The SMILES string of the molecule is Cc1nnc2sc(C(=O)NC3CN([S+](C)[O-])C3)c(N)c2c1C. The zero-order valence-electron chi connectivity index (χ0n) is 12.5. The van der Waals surface area contributed by atoms with E-state index in [0.717, 1.165) is 16.6 Å². The van der Waals surface area contributed by atoms with E-state index in [4.69, 9.17) is 5.73 Å². The van der Waals surface area contributed by atoms with E-state index in [-0.39, 0.29) is 11.9 Å². The van der Waals surface area contributed by atoms with Crippen LogP contribution in [0, 0.1) is 13.8 Å². The maximum Gasteiger partial charge on any atom is 0.263 e. The smallest absolute Gasteiger partial charge is 0.263 e. The van der Waals surface area contributed by atoms with Crippen LogP contribution in [0.1, 0.15) is 20.9 Å². The maximum atomic E-state index is 12.4. The van der Waals surface area contributed by atoms with Gasteiger partial charge in [-0.2, -0.15) is 5.10 Å². The molecule has 0 spiro atoms. The van der Waals surface area contributed by atoms with E-state index in [0.29, 0.717) is 28.5 Å². The molecular weight excluding hydrogens is 322 g/mol. The highest BCUT2D eigenvalue weighted by molar-refractivity contribution is 7.88. The van der Waals surface area contributed by atoms with Crippen molar-refractivity contribution in [2.24, 2.45) is 0 Å². The van der Waals surface area contributed by atoms with Crippen LogP contribution in [0.25, 0.3) is 10.2 Å². The lowest BCUT2D eigenvalue weighted by molar-refractivity contribution is 0.0901. The van der Waals surface area contributed by atoms with Crippen LogP contribution in [0.15, 0.2) is 0 Å². The van der Waals surface area contributed by atoms with Crippen molar-refractivity contribution in [2.75, 3.05) is 25.1 Å². The van der Waals surface area contributed by atoms with Gasteiger partial charge in [0.15, 0.2) is 0 Å². The van der Waals surface area contributed by atoms with E-state index < -0.39 is 11.4 Å². The first-order valence-electron chi connectivity index (χ1n) is 6.79. The molecule has 1 fully saturated rings. The van der Waals surface area contributed by atoms with Crippen molar-refractivity contribution < 1.29 is 9.35 Å². The summed E-state index contributed by atoms with van der Waals surface area (Å²) in [6, 6.07) is 0.00919. The molecule has 3 rings (SSSR count). The van der Waals surface area contributed by atoms with Crippen molar-refractivity contribution in [2.45, 2.75) is 19.9 Å². The maximum absolute atomic E-state index is 12.4. The average molecular weight is 339 g/mol. The van der Waals surface area contributed by atoms with E-state index in [9.17, 15) is 9.35 Å². The lowest BCUT2D eigenvalue weighted by Gasteiger charge is -2.37. The second-order valence-electron chi connectivity index (χ2n) is 5.38. The lowest BCUT2D eigenvalue weighted by Crippen LogP contribution is -2.60. The number of amides is 1. The van der Waals surface area contributed by atoms with Crippen molar-refractivity contribution in [3.8, 4) is 0 Å². The Kier molecular flexibility index (Phi) is 3.98. The summed E-state index contributed by atoms with van der Waals surface area (Å²) in [6.45, 7) is 4.99.